The van der Waals surface area contributed by atoms with E-state index in [1.165, 1.54) is 12.0 Å². The van der Waals surface area contributed by atoms with Crippen molar-refractivity contribution < 1.29 is 19.1 Å². The molecule has 0 aromatic heterocycles. The first-order valence-electron chi connectivity index (χ1n) is 10.1. The lowest BCUT2D eigenvalue weighted by molar-refractivity contribution is -0.136. The van der Waals surface area contributed by atoms with Crippen molar-refractivity contribution in [3.8, 4) is 0 Å². The summed E-state index contributed by atoms with van der Waals surface area (Å²) in [7, 11) is 1.34. The van der Waals surface area contributed by atoms with E-state index in [-0.39, 0.29) is 11.8 Å². The lowest BCUT2D eigenvalue weighted by Crippen LogP contribution is -2.30. The molecular weight excluding hydrogens is 458 g/mol. The number of benzene rings is 2. The highest BCUT2D eigenvalue weighted by atomic mass is 79.9. The van der Waals surface area contributed by atoms with E-state index in [0.717, 1.165) is 15.6 Å². The Morgan fingerprint density at radius 2 is 1.52 bits per heavy atom. The molecule has 6 heteroatoms. The largest absolute Gasteiger partial charge is 0.466 e. The molecule has 0 saturated carbocycles. The second kappa shape index (κ2) is 10.4. The Kier molecular flexibility index (Phi) is 7.58. The molecule has 0 N–H and O–H groups in total. The lowest BCUT2D eigenvalue weighted by atomic mass is 9.98. The summed E-state index contributed by atoms with van der Waals surface area (Å²) in [4.78, 5) is 38.1. The molecule has 2 aromatic rings. The van der Waals surface area contributed by atoms with Crippen molar-refractivity contribution in [2.24, 2.45) is 0 Å². The van der Waals surface area contributed by atoms with E-state index in [4.69, 9.17) is 4.74 Å². The van der Waals surface area contributed by atoms with Crippen LogP contribution in [0.5, 0.6) is 0 Å². The van der Waals surface area contributed by atoms with Gasteiger partial charge in [0.25, 0.3) is 11.8 Å². The molecule has 0 fully saturated rings. The third kappa shape index (κ3) is 5.20. The summed E-state index contributed by atoms with van der Waals surface area (Å²) in [5, 5.41) is 0. The van der Waals surface area contributed by atoms with Crippen molar-refractivity contribution in [3.63, 3.8) is 0 Å². The van der Waals surface area contributed by atoms with Crippen LogP contribution < -0.4 is 0 Å². The Morgan fingerprint density at radius 1 is 0.935 bits per heavy atom. The summed E-state index contributed by atoms with van der Waals surface area (Å²) in [6.07, 6.45) is 2.37. The average Bonchev–Trinajstić information content (AvgIpc) is 3.05. The van der Waals surface area contributed by atoms with E-state index in [1.807, 2.05) is 30.3 Å². The van der Waals surface area contributed by atoms with Crippen molar-refractivity contribution in [3.05, 3.63) is 87.9 Å². The van der Waals surface area contributed by atoms with Crippen molar-refractivity contribution >= 4 is 39.3 Å². The number of rotatable bonds is 9. The number of allylic oxidation sites excluding steroid dienone is 2. The van der Waals surface area contributed by atoms with Crippen LogP contribution in [0.4, 0.5) is 0 Å². The molecule has 5 nitrogen and oxygen atoms in total. The number of ether oxygens (including phenoxy) is 1. The molecule has 0 aliphatic carbocycles. The van der Waals surface area contributed by atoms with Gasteiger partial charge in [-0.2, -0.15) is 0 Å². The van der Waals surface area contributed by atoms with Gasteiger partial charge in [0.2, 0.25) is 0 Å². The van der Waals surface area contributed by atoms with Gasteiger partial charge in [0, 0.05) is 12.1 Å². The fourth-order valence-corrected chi connectivity index (χ4v) is 4.22. The van der Waals surface area contributed by atoms with Gasteiger partial charge in [-0.25, -0.2) is 4.79 Å². The summed E-state index contributed by atoms with van der Waals surface area (Å²) in [5.41, 5.74) is 3.48. The van der Waals surface area contributed by atoms with Gasteiger partial charge in [0.05, 0.1) is 18.2 Å². The van der Waals surface area contributed by atoms with Gasteiger partial charge in [-0.3, -0.25) is 14.5 Å². The van der Waals surface area contributed by atoms with Gasteiger partial charge in [0.1, 0.15) is 0 Å². The second-order valence-electron chi connectivity index (χ2n) is 7.26. The average molecular weight is 482 g/mol. The van der Waals surface area contributed by atoms with E-state index in [0.29, 0.717) is 48.9 Å². The molecule has 1 heterocycles. The highest BCUT2D eigenvalue weighted by Gasteiger charge is 2.34. The quantitative estimate of drug-likeness (QED) is 0.274. The van der Waals surface area contributed by atoms with Crippen LogP contribution in [0.25, 0.3) is 5.57 Å². The normalized spacial score (nSPS) is 13.7. The van der Waals surface area contributed by atoms with Gasteiger partial charge in [0.15, 0.2) is 0 Å². The van der Waals surface area contributed by atoms with Crippen molar-refractivity contribution in [1.82, 2.24) is 4.90 Å². The van der Waals surface area contributed by atoms with Crippen molar-refractivity contribution in [2.45, 2.75) is 25.7 Å². The number of methoxy groups -OCH3 is 1. The van der Waals surface area contributed by atoms with Crippen LogP contribution in [0.3, 0.4) is 0 Å². The van der Waals surface area contributed by atoms with Crippen LogP contribution >= 0.6 is 15.9 Å². The molecule has 2 aromatic carbocycles. The number of imide groups is 1. The number of halogens is 1. The Balaban J connectivity index is 1.70. The molecule has 0 unspecified atom stereocenters. The standard InChI is InChI=1S/C25H24BrNO4/c1-17(25(30)31-2)14-15-22(26)19(18-9-4-3-5-10-18)13-8-16-27-23(28)20-11-6-7-12-21(20)24(27)29/h3-7,9-12H,1,8,13-16H2,2H3/b22-19+. The maximum atomic E-state index is 12.6. The van der Waals surface area contributed by atoms with E-state index < -0.39 is 5.97 Å². The van der Waals surface area contributed by atoms with Gasteiger partial charge in [-0.1, -0.05) is 65.0 Å². The summed E-state index contributed by atoms with van der Waals surface area (Å²) >= 11 is 3.68. The first-order valence-corrected chi connectivity index (χ1v) is 10.9. The SMILES string of the molecule is C=C(CC/C(Br)=C(/CCCN1C(=O)c2ccccc2C1=O)c1ccccc1)C(=O)OC. The number of hydrogen-bond acceptors (Lipinski definition) is 4. The topological polar surface area (TPSA) is 63.7 Å². The zero-order valence-corrected chi connectivity index (χ0v) is 19.0. The highest BCUT2D eigenvalue weighted by Crippen LogP contribution is 2.32. The maximum Gasteiger partial charge on any atom is 0.333 e. The Morgan fingerprint density at radius 3 is 2.10 bits per heavy atom. The molecule has 160 valence electrons. The number of esters is 1. The summed E-state index contributed by atoms with van der Waals surface area (Å²) in [5.74, 6) is -0.884. The molecule has 0 bridgehead atoms. The van der Waals surface area contributed by atoms with E-state index in [1.54, 1.807) is 24.3 Å². The number of carbonyl (C=O) groups excluding carboxylic acids is 3. The van der Waals surface area contributed by atoms with E-state index in [9.17, 15) is 14.4 Å². The minimum absolute atomic E-state index is 0.237. The van der Waals surface area contributed by atoms with Gasteiger partial charge in [-0.05, 0) is 53.4 Å². The van der Waals surface area contributed by atoms with Gasteiger partial charge >= 0.3 is 5.97 Å². The predicted octanol–water partition coefficient (Wildman–Crippen LogP) is 5.38. The monoisotopic (exact) mass is 481 g/mol. The second-order valence-corrected chi connectivity index (χ2v) is 8.21. The fraction of sp³-hybridized carbons (Fsp3) is 0.240. The summed E-state index contributed by atoms with van der Waals surface area (Å²) in [6.45, 7) is 4.13. The molecule has 0 radical (unpaired) electrons. The van der Waals surface area contributed by atoms with Gasteiger partial charge < -0.3 is 4.74 Å². The maximum absolute atomic E-state index is 12.6. The molecule has 0 atom stereocenters. The fourth-order valence-electron chi connectivity index (χ4n) is 3.59. The van der Waals surface area contributed by atoms with Crippen molar-refractivity contribution in [1.29, 1.82) is 0 Å². The van der Waals surface area contributed by atoms with Crippen LogP contribution in [0.15, 0.2) is 71.2 Å². The lowest BCUT2D eigenvalue weighted by Gasteiger charge is -2.16. The molecular formula is C25H24BrNO4. The smallest absolute Gasteiger partial charge is 0.333 e. The zero-order chi connectivity index (χ0) is 22.4. The number of carbonyl (C=O) groups is 3. The summed E-state index contributed by atoms with van der Waals surface area (Å²) in [6, 6.07) is 16.8. The molecule has 31 heavy (non-hydrogen) atoms. The zero-order valence-electron chi connectivity index (χ0n) is 17.4. The van der Waals surface area contributed by atoms with Crippen LogP contribution in [0.1, 0.15) is 52.0 Å². The van der Waals surface area contributed by atoms with Crippen molar-refractivity contribution in [2.75, 3.05) is 13.7 Å². The molecule has 0 saturated heterocycles. The number of amides is 2. The Hall–Kier alpha value is -2.99. The van der Waals surface area contributed by atoms with Crippen LogP contribution in [0, 0.1) is 0 Å². The van der Waals surface area contributed by atoms with Crippen LogP contribution in [0.2, 0.25) is 0 Å². The van der Waals surface area contributed by atoms with E-state index >= 15 is 0 Å². The first kappa shape index (κ1) is 22.7. The summed E-state index contributed by atoms with van der Waals surface area (Å²) < 4.78 is 5.68. The molecule has 1 aliphatic heterocycles. The third-order valence-corrected chi connectivity index (χ3v) is 6.13. The Bertz CT molecular complexity index is 1010. The number of nitrogens with zero attached hydrogens (tertiary/aromatic N) is 1. The molecule has 0 spiro atoms. The van der Waals surface area contributed by atoms with Crippen LogP contribution in [-0.2, 0) is 9.53 Å². The van der Waals surface area contributed by atoms with Crippen LogP contribution in [-0.4, -0.2) is 36.3 Å². The first-order chi connectivity index (χ1) is 14.9. The number of hydrogen-bond donors (Lipinski definition) is 0. The Labute approximate surface area is 190 Å². The predicted molar refractivity (Wildman–Crippen MR) is 124 cm³/mol. The minimum Gasteiger partial charge on any atom is -0.466 e. The molecule has 1 aliphatic rings. The highest BCUT2D eigenvalue weighted by molar-refractivity contribution is 9.11. The third-order valence-electron chi connectivity index (χ3n) is 5.26. The molecule has 2 amide bonds. The minimum atomic E-state index is -0.410. The number of fused-ring (bicyclic) bond motifs is 1. The van der Waals surface area contributed by atoms with Gasteiger partial charge in [-0.15, -0.1) is 0 Å². The van der Waals surface area contributed by atoms with E-state index in [2.05, 4.69) is 22.5 Å². The molecule has 3 rings (SSSR count).